The Labute approximate surface area is 104 Å². The maximum Gasteiger partial charge on any atom is 0.305 e. The lowest BCUT2D eigenvalue weighted by molar-refractivity contribution is -0.137. The second-order valence-corrected chi connectivity index (χ2v) is 3.93. The zero-order chi connectivity index (χ0) is 12.8. The maximum atomic E-state index is 10.4. The SMILES string of the molecule is O=C(O)CCn1nnc(CCc2ccccc2)n1. The van der Waals surface area contributed by atoms with Gasteiger partial charge < -0.3 is 5.11 Å². The van der Waals surface area contributed by atoms with Crippen molar-refractivity contribution in [2.75, 3.05) is 0 Å². The van der Waals surface area contributed by atoms with Gasteiger partial charge in [0.15, 0.2) is 5.82 Å². The van der Waals surface area contributed by atoms with Gasteiger partial charge in [0, 0.05) is 6.42 Å². The number of aromatic nitrogens is 4. The van der Waals surface area contributed by atoms with E-state index < -0.39 is 5.97 Å². The molecule has 0 spiro atoms. The monoisotopic (exact) mass is 246 g/mol. The number of nitrogens with zero attached hydrogens (tertiary/aromatic N) is 4. The molecule has 0 unspecified atom stereocenters. The van der Waals surface area contributed by atoms with Crippen molar-refractivity contribution in [2.24, 2.45) is 0 Å². The van der Waals surface area contributed by atoms with Gasteiger partial charge >= 0.3 is 5.97 Å². The summed E-state index contributed by atoms with van der Waals surface area (Å²) in [7, 11) is 0. The summed E-state index contributed by atoms with van der Waals surface area (Å²) < 4.78 is 0. The number of carbonyl (C=O) groups is 1. The largest absolute Gasteiger partial charge is 0.481 e. The molecular weight excluding hydrogens is 232 g/mol. The van der Waals surface area contributed by atoms with Crippen LogP contribution in [-0.4, -0.2) is 31.3 Å². The molecule has 0 radical (unpaired) electrons. The minimum Gasteiger partial charge on any atom is -0.481 e. The van der Waals surface area contributed by atoms with E-state index in [1.165, 1.54) is 10.4 Å². The van der Waals surface area contributed by atoms with Gasteiger partial charge in [0.2, 0.25) is 0 Å². The average molecular weight is 246 g/mol. The van der Waals surface area contributed by atoms with Crippen LogP contribution >= 0.6 is 0 Å². The third kappa shape index (κ3) is 3.65. The summed E-state index contributed by atoms with van der Waals surface area (Å²) in [6.45, 7) is 0.258. The van der Waals surface area contributed by atoms with E-state index in [1.54, 1.807) is 0 Å². The molecule has 0 fully saturated rings. The number of tetrazole rings is 1. The normalized spacial score (nSPS) is 10.4. The zero-order valence-corrected chi connectivity index (χ0v) is 9.86. The Morgan fingerprint density at radius 1 is 1.22 bits per heavy atom. The van der Waals surface area contributed by atoms with Crippen LogP contribution in [0.15, 0.2) is 30.3 Å². The van der Waals surface area contributed by atoms with Crippen LogP contribution in [0.2, 0.25) is 0 Å². The minimum absolute atomic E-state index is 0.00842. The van der Waals surface area contributed by atoms with Gasteiger partial charge in [-0.15, -0.1) is 10.2 Å². The number of rotatable bonds is 6. The molecule has 0 bridgehead atoms. The molecule has 0 aliphatic carbocycles. The molecule has 18 heavy (non-hydrogen) atoms. The number of aliphatic carboxylic acids is 1. The van der Waals surface area contributed by atoms with Crippen molar-refractivity contribution < 1.29 is 9.90 Å². The van der Waals surface area contributed by atoms with Gasteiger partial charge in [-0.2, -0.15) is 4.80 Å². The molecular formula is C12H14N4O2. The van der Waals surface area contributed by atoms with Crippen molar-refractivity contribution in [1.82, 2.24) is 20.2 Å². The number of carboxylic acid groups (broad SMARTS) is 1. The third-order valence-corrected chi connectivity index (χ3v) is 2.50. The van der Waals surface area contributed by atoms with Crippen LogP contribution in [-0.2, 0) is 24.2 Å². The molecule has 1 aromatic carbocycles. The first kappa shape index (κ1) is 12.2. The molecule has 0 saturated heterocycles. The Morgan fingerprint density at radius 3 is 2.72 bits per heavy atom. The second-order valence-electron chi connectivity index (χ2n) is 3.93. The van der Waals surface area contributed by atoms with Crippen molar-refractivity contribution in [3.8, 4) is 0 Å². The molecule has 0 atom stereocenters. The molecule has 2 rings (SSSR count). The van der Waals surface area contributed by atoms with Gasteiger partial charge in [0.25, 0.3) is 0 Å². The molecule has 94 valence electrons. The lowest BCUT2D eigenvalue weighted by Crippen LogP contribution is -2.07. The van der Waals surface area contributed by atoms with Gasteiger partial charge in [-0.05, 0) is 17.2 Å². The predicted molar refractivity (Wildman–Crippen MR) is 63.9 cm³/mol. The quantitative estimate of drug-likeness (QED) is 0.820. The van der Waals surface area contributed by atoms with E-state index in [0.717, 1.165) is 6.42 Å². The first-order valence-corrected chi connectivity index (χ1v) is 5.76. The first-order valence-electron chi connectivity index (χ1n) is 5.76. The van der Waals surface area contributed by atoms with Crippen LogP contribution in [0, 0.1) is 0 Å². The summed E-state index contributed by atoms with van der Waals surface area (Å²) in [5.41, 5.74) is 1.22. The lowest BCUT2D eigenvalue weighted by Gasteiger charge is -1.97. The molecule has 0 aliphatic heterocycles. The second kappa shape index (κ2) is 5.90. The summed E-state index contributed by atoms with van der Waals surface area (Å²) in [4.78, 5) is 11.7. The zero-order valence-electron chi connectivity index (χ0n) is 9.86. The summed E-state index contributed by atoms with van der Waals surface area (Å²) in [6.07, 6.45) is 1.57. The number of benzene rings is 1. The van der Waals surface area contributed by atoms with Crippen LogP contribution in [0.3, 0.4) is 0 Å². The van der Waals surface area contributed by atoms with Crippen LogP contribution < -0.4 is 0 Å². The van der Waals surface area contributed by atoms with Crippen molar-refractivity contribution >= 4 is 5.97 Å². The Morgan fingerprint density at radius 2 is 2.00 bits per heavy atom. The molecule has 6 nitrogen and oxygen atoms in total. The fourth-order valence-electron chi connectivity index (χ4n) is 1.57. The van der Waals surface area contributed by atoms with Crippen molar-refractivity contribution in [3.05, 3.63) is 41.7 Å². The van der Waals surface area contributed by atoms with E-state index in [4.69, 9.17) is 5.11 Å². The van der Waals surface area contributed by atoms with Crippen LogP contribution in [0.25, 0.3) is 0 Å². The Kier molecular flexibility index (Phi) is 4.01. The van der Waals surface area contributed by atoms with Crippen LogP contribution in [0.1, 0.15) is 17.8 Å². The van der Waals surface area contributed by atoms with Crippen LogP contribution in [0.4, 0.5) is 0 Å². The van der Waals surface area contributed by atoms with Gasteiger partial charge in [0.1, 0.15) is 0 Å². The van der Waals surface area contributed by atoms with E-state index in [1.807, 2.05) is 18.2 Å². The van der Waals surface area contributed by atoms with Gasteiger partial charge in [-0.25, -0.2) is 0 Å². The molecule has 0 aliphatic rings. The minimum atomic E-state index is -0.863. The van der Waals surface area contributed by atoms with E-state index in [9.17, 15) is 4.79 Å². The summed E-state index contributed by atoms with van der Waals surface area (Å²) in [6, 6.07) is 10.1. The highest BCUT2D eigenvalue weighted by Gasteiger charge is 2.05. The van der Waals surface area contributed by atoms with Gasteiger partial charge in [-0.3, -0.25) is 4.79 Å². The van der Waals surface area contributed by atoms with Gasteiger partial charge in [-0.1, -0.05) is 30.3 Å². The molecule has 2 aromatic rings. The Bertz CT molecular complexity index is 510. The smallest absolute Gasteiger partial charge is 0.305 e. The first-order chi connectivity index (χ1) is 8.74. The standard InChI is InChI=1S/C12H14N4O2/c17-12(18)8-9-16-14-11(13-15-16)7-6-10-4-2-1-3-5-10/h1-5H,6-9H2,(H,17,18). The molecule has 1 N–H and O–H groups in total. The fraction of sp³-hybridized carbons (Fsp3) is 0.333. The van der Waals surface area contributed by atoms with E-state index in [-0.39, 0.29) is 13.0 Å². The summed E-state index contributed by atoms with van der Waals surface area (Å²) in [5, 5.41) is 20.4. The lowest BCUT2D eigenvalue weighted by atomic mass is 10.1. The molecule has 1 aromatic heterocycles. The van der Waals surface area contributed by atoms with E-state index in [0.29, 0.717) is 12.2 Å². The topological polar surface area (TPSA) is 80.9 Å². The molecule has 1 heterocycles. The average Bonchev–Trinajstić information content (AvgIpc) is 2.83. The number of carboxylic acids is 1. The van der Waals surface area contributed by atoms with Crippen molar-refractivity contribution in [1.29, 1.82) is 0 Å². The van der Waals surface area contributed by atoms with Gasteiger partial charge in [0.05, 0.1) is 13.0 Å². The summed E-state index contributed by atoms with van der Waals surface area (Å²) >= 11 is 0. The number of aryl methyl sites for hydroxylation is 3. The van der Waals surface area contributed by atoms with Crippen LogP contribution in [0.5, 0.6) is 0 Å². The fourth-order valence-corrected chi connectivity index (χ4v) is 1.57. The highest BCUT2D eigenvalue weighted by Crippen LogP contribution is 2.02. The van der Waals surface area contributed by atoms with Crippen molar-refractivity contribution in [2.45, 2.75) is 25.8 Å². The third-order valence-electron chi connectivity index (χ3n) is 2.50. The molecule has 0 amide bonds. The molecule has 0 saturated carbocycles. The Balaban J connectivity index is 1.85. The maximum absolute atomic E-state index is 10.4. The highest BCUT2D eigenvalue weighted by molar-refractivity contribution is 5.66. The Hall–Kier alpha value is -2.24. The molecule has 6 heteroatoms. The van der Waals surface area contributed by atoms with Crippen molar-refractivity contribution in [3.63, 3.8) is 0 Å². The number of hydrogen-bond acceptors (Lipinski definition) is 4. The predicted octanol–water partition coefficient (Wildman–Crippen LogP) is 0.933. The number of hydrogen-bond donors (Lipinski definition) is 1. The summed E-state index contributed by atoms with van der Waals surface area (Å²) in [5.74, 6) is -0.220. The highest BCUT2D eigenvalue weighted by atomic mass is 16.4. The van der Waals surface area contributed by atoms with E-state index >= 15 is 0 Å². The van der Waals surface area contributed by atoms with E-state index in [2.05, 4.69) is 27.5 Å².